The van der Waals surface area contributed by atoms with Crippen LogP contribution in [0, 0.1) is 11.3 Å². The van der Waals surface area contributed by atoms with Gasteiger partial charge in [-0.3, -0.25) is 14.2 Å². The van der Waals surface area contributed by atoms with E-state index in [2.05, 4.69) is 20.8 Å². The van der Waals surface area contributed by atoms with Crippen LogP contribution in [0.25, 0.3) is 10.2 Å². The summed E-state index contributed by atoms with van der Waals surface area (Å²) in [4.78, 5) is 32.7. The molecule has 1 atom stereocenters. The molecule has 1 aromatic carbocycles. The van der Waals surface area contributed by atoms with Gasteiger partial charge in [0.05, 0.1) is 17.7 Å². The van der Waals surface area contributed by atoms with Crippen molar-refractivity contribution in [3.63, 3.8) is 0 Å². The largest absolute Gasteiger partial charge is 0.299 e. The molecule has 0 N–H and O–H groups in total. The summed E-state index contributed by atoms with van der Waals surface area (Å²) in [5, 5.41) is 1.45. The van der Waals surface area contributed by atoms with E-state index in [9.17, 15) is 9.59 Å². The van der Waals surface area contributed by atoms with E-state index in [1.54, 1.807) is 15.9 Å². The third kappa shape index (κ3) is 4.65. The number of thioether (sulfide) groups is 1. The molecule has 0 amide bonds. The van der Waals surface area contributed by atoms with Gasteiger partial charge < -0.3 is 0 Å². The predicted molar refractivity (Wildman–Crippen MR) is 130 cm³/mol. The predicted octanol–water partition coefficient (Wildman–Crippen LogP) is 5.73. The number of aromatic nitrogens is 2. The molecule has 0 spiro atoms. The zero-order chi connectivity index (χ0) is 22.2. The van der Waals surface area contributed by atoms with Gasteiger partial charge in [-0.2, -0.15) is 0 Å². The number of hydrogen-bond donors (Lipinski definition) is 0. The van der Waals surface area contributed by atoms with E-state index >= 15 is 0 Å². The number of hydrogen-bond acceptors (Lipinski definition) is 5. The SMILES string of the molecule is CCC(=O)CSc1nc2sc3c(c2c(=O)n1Cc1ccccc1)CC[C@H](C(C)(C)C)C3. The van der Waals surface area contributed by atoms with E-state index in [0.717, 1.165) is 35.0 Å². The molecule has 2 aromatic heterocycles. The highest BCUT2D eigenvalue weighted by molar-refractivity contribution is 7.99. The van der Waals surface area contributed by atoms with E-state index in [0.29, 0.717) is 29.8 Å². The molecule has 6 heteroatoms. The van der Waals surface area contributed by atoms with Gasteiger partial charge in [0.25, 0.3) is 5.56 Å². The van der Waals surface area contributed by atoms with Crippen LogP contribution in [-0.2, 0) is 24.2 Å². The summed E-state index contributed by atoms with van der Waals surface area (Å²) in [6.45, 7) is 9.26. The van der Waals surface area contributed by atoms with Crippen molar-refractivity contribution in [3.05, 3.63) is 56.7 Å². The second-order valence-electron chi connectivity index (χ2n) is 9.44. The Kier molecular flexibility index (Phi) is 6.40. The lowest BCUT2D eigenvalue weighted by atomic mass is 9.72. The molecule has 0 saturated carbocycles. The highest BCUT2D eigenvalue weighted by atomic mass is 32.2. The summed E-state index contributed by atoms with van der Waals surface area (Å²) in [6.07, 6.45) is 3.58. The third-order valence-corrected chi connectivity index (χ3v) is 8.48. The van der Waals surface area contributed by atoms with Crippen LogP contribution < -0.4 is 5.56 Å². The zero-order valence-electron chi connectivity index (χ0n) is 18.7. The minimum atomic E-state index is 0.0343. The lowest BCUT2D eigenvalue weighted by Gasteiger charge is -2.33. The fourth-order valence-electron chi connectivity index (χ4n) is 4.24. The normalized spacial score (nSPS) is 16.5. The van der Waals surface area contributed by atoms with Gasteiger partial charge in [-0.25, -0.2) is 4.98 Å². The van der Waals surface area contributed by atoms with E-state index in [1.807, 2.05) is 37.3 Å². The highest BCUT2D eigenvalue weighted by Gasteiger charge is 2.32. The van der Waals surface area contributed by atoms with Crippen molar-refractivity contribution < 1.29 is 4.79 Å². The maximum Gasteiger partial charge on any atom is 0.263 e. The first-order chi connectivity index (χ1) is 14.8. The molecule has 0 saturated heterocycles. The number of ketones is 1. The molecule has 0 unspecified atom stereocenters. The number of thiophene rings is 1. The van der Waals surface area contributed by atoms with E-state index in [-0.39, 0.29) is 16.8 Å². The molecular weight excluding hydrogens is 424 g/mol. The molecule has 4 nitrogen and oxygen atoms in total. The Balaban J connectivity index is 1.80. The van der Waals surface area contributed by atoms with Crippen LogP contribution >= 0.6 is 23.1 Å². The fourth-order valence-corrected chi connectivity index (χ4v) is 6.54. The van der Waals surface area contributed by atoms with Gasteiger partial charge in [0.1, 0.15) is 10.6 Å². The number of aryl methyl sites for hydroxylation is 1. The topological polar surface area (TPSA) is 52.0 Å². The number of carbonyl (C=O) groups excluding carboxylic acids is 1. The van der Waals surface area contributed by atoms with Crippen LogP contribution in [0.3, 0.4) is 0 Å². The van der Waals surface area contributed by atoms with Gasteiger partial charge in [0.15, 0.2) is 5.16 Å². The summed E-state index contributed by atoms with van der Waals surface area (Å²) < 4.78 is 1.77. The Morgan fingerprint density at radius 2 is 2.00 bits per heavy atom. The summed E-state index contributed by atoms with van der Waals surface area (Å²) in [5.41, 5.74) is 2.57. The maximum atomic E-state index is 13.7. The molecule has 1 aliphatic rings. The number of benzene rings is 1. The van der Waals surface area contributed by atoms with Gasteiger partial charge in [0.2, 0.25) is 0 Å². The van der Waals surface area contributed by atoms with E-state index < -0.39 is 0 Å². The third-order valence-electron chi connectivity index (χ3n) is 6.30. The van der Waals surface area contributed by atoms with Crippen LogP contribution in [0.5, 0.6) is 0 Å². The van der Waals surface area contributed by atoms with Crippen LogP contribution in [0.1, 0.15) is 56.5 Å². The Bertz CT molecular complexity index is 1160. The highest BCUT2D eigenvalue weighted by Crippen LogP contribution is 2.42. The molecule has 0 radical (unpaired) electrons. The first-order valence-corrected chi connectivity index (χ1v) is 12.8. The number of Topliss-reactive ketones (excluding diaryl/α,β-unsaturated/α-hetero) is 1. The van der Waals surface area contributed by atoms with Crippen LogP contribution in [0.4, 0.5) is 0 Å². The number of fused-ring (bicyclic) bond motifs is 3. The van der Waals surface area contributed by atoms with Gasteiger partial charge in [-0.15, -0.1) is 11.3 Å². The van der Waals surface area contributed by atoms with E-state index in [4.69, 9.17) is 4.98 Å². The summed E-state index contributed by atoms with van der Waals surface area (Å²) in [7, 11) is 0. The molecule has 0 bridgehead atoms. The Labute approximate surface area is 192 Å². The molecule has 2 heterocycles. The molecule has 0 aliphatic heterocycles. The quantitative estimate of drug-likeness (QED) is 0.353. The summed E-state index contributed by atoms with van der Waals surface area (Å²) >= 11 is 3.07. The summed E-state index contributed by atoms with van der Waals surface area (Å²) in [6, 6.07) is 10.0. The lowest BCUT2D eigenvalue weighted by Crippen LogP contribution is -2.27. The van der Waals surface area contributed by atoms with Gasteiger partial charge >= 0.3 is 0 Å². The van der Waals surface area contributed by atoms with Crippen molar-refractivity contribution in [2.75, 3.05) is 5.75 Å². The minimum Gasteiger partial charge on any atom is -0.299 e. The molecule has 0 fully saturated rings. The van der Waals surface area contributed by atoms with Gasteiger partial charge in [0, 0.05) is 11.3 Å². The molecule has 1 aliphatic carbocycles. The van der Waals surface area contributed by atoms with Crippen LogP contribution in [0.15, 0.2) is 40.3 Å². The van der Waals surface area contributed by atoms with Crippen LogP contribution in [0.2, 0.25) is 0 Å². The second-order valence-corrected chi connectivity index (χ2v) is 11.5. The standard InChI is InChI=1S/C25H30N2O2S2/c1-5-18(28)15-30-24-26-22-21(23(29)27(24)14-16-9-7-6-8-10-16)19-12-11-17(25(2,3)4)13-20(19)31-22/h6-10,17H,5,11-15H2,1-4H3/t17-/m0/s1. The first kappa shape index (κ1) is 22.3. The summed E-state index contributed by atoms with van der Waals surface area (Å²) in [5.74, 6) is 1.14. The molecular formula is C25H30N2O2S2. The first-order valence-electron chi connectivity index (χ1n) is 11.0. The zero-order valence-corrected chi connectivity index (χ0v) is 20.4. The number of carbonyl (C=O) groups is 1. The number of nitrogens with zero attached hydrogens (tertiary/aromatic N) is 2. The van der Waals surface area contributed by atoms with Crippen molar-refractivity contribution >= 4 is 39.1 Å². The van der Waals surface area contributed by atoms with Crippen molar-refractivity contribution in [1.29, 1.82) is 0 Å². The Hall–Kier alpha value is -1.92. The molecule has 31 heavy (non-hydrogen) atoms. The Morgan fingerprint density at radius 1 is 1.26 bits per heavy atom. The molecule has 4 rings (SSSR count). The number of rotatable bonds is 6. The monoisotopic (exact) mass is 454 g/mol. The van der Waals surface area contributed by atoms with E-state index in [1.165, 1.54) is 22.2 Å². The molecule has 3 aromatic rings. The lowest BCUT2D eigenvalue weighted by molar-refractivity contribution is -0.116. The van der Waals surface area contributed by atoms with Crippen molar-refractivity contribution in [2.24, 2.45) is 11.3 Å². The van der Waals surface area contributed by atoms with Crippen molar-refractivity contribution in [2.45, 2.75) is 65.1 Å². The molecule has 164 valence electrons. The van der Waals surface area contributed by atoms with Crippen LogP contribution in [-0.4, -0.2) is 21.1 Å². The average Bonchev–Trinajstić information content (AvgIpc) is 3.12. The van der Waals surface area contributed by atoms with Crippen molar-refractivity contribution in [3.8, 4) is 0 Å². The second kappa shape index (κ2) is 8.91. The van der Waals surface area contributed by atoms with Gasteiger partial charge in [-0.05, 0) is 41.7 Å². The fraction of sp³-hybridized carbons (Fsp3) is 0.480. The Morgan fingerprint density at radius 3 is 2.68 bits per heavy atom. The van der Waals surface area contributed by atoms with Gasteiger partial charge in [-0.1, -0.05) is 69.8 Å². The minimum absolute atomic E-state index is 0.0343. The smallest absolute Gasteiger partial charge is 0.263 e. The average molecular weight is 455 g/mol. The maximum absolute atomic E-state index is 13.7. The van der Waals surface area contributed by atoms with Crippen molar-refractivity contribution in [1.82, 2.24) is 9.55 Å².